The van der Waals surface area contributed by atoms with Gasteiger partial charge in [-0.2, -0.15) is 0 Å². The van der Waals surface area contributed by atoms with Gasteiger partial charge in [0.15, 0.2) is 0 Å². The Morgan fingerprint density at radius 3 is 2.71 bits per heavy atom. The maximum atomic E-state index is 14.4. The molecule has 6 nitrogen and oxygen atoms in total. The number of sulfonamides is 1. The standard InChI is InChI=1S/C24H33N3O3S/c1-15-16(2)22(17(3)19-13-24(4,5)30-21(15)19)31(28,29)27-20-10-7-6-9-18(20)14-26-12-8-11-25-23(26)27/h7,10,18,20H,6,8-9,11-14H2,1-5H3/t18-,20-/m0/s1. The first kappa shape index (κ1) is 20.9. The highest BCUT2D eigenvalue weighted by molar-refractivity contribution is 7.89. The van der Waals surface area contributed by atoms with Gasteiger partial charge in [-0.3, -0.25) is 4.99 Å². The molecule has 3 aliphatic heterocycles. The minimum Gasteiger partial charge on any atom is -0.487 e. The zero-order valence-electron chi connectivity index (χ0n) is 19.2. The summed E-state index contributed by atoms with van der Waals surface area (Å²) in [5.74, 6) is 1.80. The SMILES string of the molecule is Cc1c(C)c(S(=O)(=O)N2C3=NCCCN3C[C@@H]3CCC=C[C@@H]32)c(C)c2c1OC(C)(C)C2. The van der Waals surface area contributed by atoms with Crippen LogP contribution in [0.5, 0.6) is 5.75 Å². The van der Waals surface area contributed by atoms with Crippen molar-refractivity contribution in [2.24, 2.45) is 10.9 Å². The van der Waals surface area contributed by atoms with Gasteiger partial charge in [-0.25, -0.2) is 12.7 Å². The molecule has 1 aromatic rings. The Hall–Kier alpha value is -2.02. The van der Waals surface area contributed by atoms with Crippen molar-refractivity contribution in [2.45, 2.75) is 76.8 Å². The number of fused-ring (bicyclic) bond motifs is 3. The van der Waals surface area contributed by atoms with Gasteiger partial charge in [0.2, 0.25) is 5.96 Å². The molecule has 0 bridgehead atoms. The highest BCUT2D eigenvalue weighted by atomic mass is 32.2. The Labute approximate surface area is 186 Å². The van der Waals surface area contributed by atoms with Crippen molar-refractivity contribution in [3.63, 3.8) is 0 Å². The van der Waals surface area contributed by atoms with Crippen LogP contribution >= 0.6 is 0 Å². The lowest BCUT2D eigenvalue weighted by molar-refractivity contribution is 0.137. The fraction of sp³-hybridized carbons (Fsp3) is 0.625. The molecule has 0 unspecified atom stereocenters. The summed E-state index contributed by atoms with van der Waals surface area (Å²) in [6, 6.07) is -0.160. The van der Waals surface area contributed by atoms with Crippen molar-refractivity contribution in [1.82, 2.24) is 9.21 Å². The predicted molar refractivity (Wildman–Crippen MR) is 122 cm³/mol. The molecule has 0 saturated carbocycles. The van der Waals surface area contributed by atoms with Crippen LogP contribution in [-0.2, 0) is 16.4 Å². The van der Waals surface area contributed by atoms with Crippen molar-refractivity contribution >= 4 is 16.0 Å². The van der Waals surface area contributed by atoms with E-state index in [1.54, 1.807) is 4.31 Å². The number of hydrogen-bond donors (Lipinski definition) is 0. The van der Waals surface area contributed by atoms with Gasteiger partial charge in [0.25, 0.3) is 10.0 Å². The summed E-state index contributed by atoms with van der Waals surface area (Å²) in [4.78, 5) is 7.36. The van der Waals surface area contributed by atoms with Gasteiger partial charge < -0.3 is 9.64 Å². The molecule has 0 spiro atoms. The molecular weight excluding hydrogens is 410 g/mol. The van der Waals surface area contributed by atoms with Crippen LogP contribution < -0.4 is 4.74 Å². The number of guanidine groups is 1. The van der Waals surface area contributed by atoms with Crippen LogP contribution in [-0.4, -0.2) is 54.9 Å². The van der Waals surface area contributed by atoms with E-state index in [-0.39, 0.29) is 11.6 Å². The lowest BCUT2D eigenvalue weighted by atomic mass is 9.87. The monoisotopic (exact) mass is 443 g/mol. The third-order valence-corrected chi connectivity index (χ3v) is 9.43. The average Bonchev–Trinajstić information content (AvgIpc) is 3.06. The first-order valence-corrected chi connectivity index (χ1v) is 12.9. The van der Waals surface area contributed by atoms with Gasteiger partial charge in [-0.1, -0.05) is 12.2 Å². The first-order valence-electron chi connectivity index (χ1n) is 11.4. The van der Waals surface area contributed by atoms with Crippen LogP contribution in [0.15, 0.2) is 22.0 Å². The van der Waals surface area contributed by atoms with E-state index >= 15 is 0 Å². The number of rotatable bonds is 2. The van der Waals surface area contributed by atoms with Crippen LogP contribution in [0.4, 0.5) is 0 Å². The summed E-state index contributed by atoms with van der Waals surface area (Å²) < 4.78 is 36.7. The summed E-state index contributed by atoms with van der Waals surface area (Å²) in [6.45, 7) is 12.4. The van der Waals surface area contributed by atoms with Crippen molar-refractivity contribution < 1.29 is 13.2 Å². The molecule has 0 N–H and O–H groups in total. The third-order valence-electron chi connectivity index (χ3n) is 7.37. The minimum absolute atomic E-state index is 0.160. The van der Waals surface area contributed by atoms with Crippen LogP contribution in [0, 0.1) is 26.7 Å². The van der Waals surface area contributed by atoms with E-state index in [1.807, 2.05) is 20.8 Å². The number of aliphatic imine (C=N–C) groups is 1. The Kier molecular flexibility index (Phi) is 4.70. The van der Waals surface area contributed by atoms with E-state index in [0.29, 0.717) is 23.3 Å². The van der Waals surface area contributed by atoms with Gasteiger partial charge in [-0.05, 0) is 70.6 Å². The molecule has 1 saturated heterocycles. The second-order valence-electron chi connectivity index (χ2n) is 10.1. The van der Waals surface area contributed by atoms with Crippen molar-refractivity contribution in [3.8, 4) is 5.75 Å². The van der Waals surface area contributed by atoms with Gasteiger partial charge in [0.05, 0.1) is 10.9 Å². The molecule has 1 aliphatic carbocycles. The summed E-state index contributed by atoms with van der Waals surface area (Å²) in [5, 5.41) is 0. The number of nitrogens with zero attached hydrogens (tertiary/aromatic N) is 3. The predicted octanol–water partition coefficient (Wildman–Crippen LogP) is 3.73. The lowest BCUT2D eigenvalue weighted by Gasteiger charge is -2.49. The van der Waals surface area contributed by atoms with Crippen molar-refractivity contribution in [1.29, 1.82) is 0 Å². The van der Waals surface area contributed by atoms with Gasteiger partial charge in [0, 0.05) is 37.5 Å². The minimum atomic E-state index is -3.79. The highest BCUT2D eigenvalue weighted by Gasteiger charge is 2.47. The quantitative estimate of drug-likeness (QED) is 0.654. The van der Waals surface area contributed by atoms with Crippen LogP contribution in [0.25, 0.3) is 0 Å². The molecule has 1 fully saturated rings. The average molecular weight is 444 g/mol. The summed E-state index contributed by atoms with van der Waals surface area (Å²) in [5.41, 5.74) is 3.26. The van der Waals surface area contributed by atoms with Crippen molar-refractivity contribution in [2.75, 3.05) is 19.6 Å². The van der Waals surface area contributed by atoms with E-state index in [2.05, 4.69) is 30.9 Å². The lowest BCUT2D eigenvalue weighted by Crippen LogP contribution is -2.62. The molecule has 3 heterocycles. The fourth-order valence-electron chi connectivity index (χ4n) is 5.78. The van der Waals surface area contributed by atoms with E-state index in [9.17, 15) is 8.42 Å². The van der Waals surface area contributed by atoms with E-state index in [0.717, 1.165) is 66.8 Å². The number of benzene rings is 1. The van der Waals surface area contributed by atoms with Crippen molar-refractivity contribution in [3.05, 3.63) is 34.4 Å². The summed E-state index contributed by atoms with van der Waals surface area (Å²) in [7, 11) is -3.79. The zero-order chi connectivity index (χ0) is 22.1. The molecule has 1 aromatic carbocycles. The Bertz CT molecular complexity index is 1100. The largest absolute Gasteiger partial charge is 0.487 e. The van der Waals surface area contributed by atoms with Gasteiger partial charge in [-0.15, -0.1) is 0 Å². The van der Waals surface area contributed by atoms with Crippen LogP contribution in [0.1, 0.15) is 55.4 Å². The second kappa shape index (κ2) is 6.99. The molecule has 0 amide bonds. The number of hydrogen-bond acceptors (Lipinski definition) is 5. The topological polar surface area (TPSA) is 62.2 Å². The van der Waals surface area contributed by atoms with Gasteiger partial charge >= 0.3 is 0 Å². The highest BCUT2D eigenvalue weighted by Crippen LogP contribution is 2.45. The Morgan fingerprint density at radius 2 is 1.94 bits per heavy atom. The molecule has 4 aliphatic rings. The fourth-order valence-corrected chi connectivity index (χ4v) is 7.98. The maximum absolute atomic E-state index is 14.4. The smallest absolute Gasteiger partial charge is 0.267 e. The Balaban J connectivity index is 1.70. The van der Waals surface area contributed by atoms with E-state index in [1.165, 1.54) is 0 Å². The zero-order valence-corrected chi connectivity index (χ0v) is 20.1. The summed E-state index contributed by atoms with van der Waals surface area (Å²) in [6.07, 6.45) is 7.95. The molecule has 7 heteroatoms. The molecule has 0 aromatic heterocycles. The van der Waals surface area contributed by atoms with E-state index < -0.39 is 10.0 Å². The summed E-state index contributed by atoms with van der Waals surface area (Å²) >= 11 is 0. The molecule has 31 heavy (non-hydrogen) atoms. The molecule has 0 radical (unpaired) electrons. The number of ether oxygens (including phenoxy) is 1. The van der Waals surface area contributed by atoms with Gasteiger partial charge in [0.1, 0.15) is 11.4 Å². The van der Waals surface area contributed by atoms with Crippen LogP contribution in [0.3, 0.4) is 0 Å². The molecule has 5 rings (SSSR count). The first-order chi connectivity index (χ1) is 14.6. The normalized spacial score (nSPS) is 26.7. The molecule has 2 atom stereocenters. The Morgan fingerprint density at radius 1 is 1.16 bits per heavy atom. The second-order valence-corrected chi connectivity index (χ2v) is 11.8. The van der Waals surface area contributed by atoms with Crippen LogP contribution in [0.2, 0.25) is 0 Å². The maximum Gasteiger partial charge on any atom is 0.267 e. The number of allylic oxidation sites excluding steroid dienone is 1. The molecular formula is C24H33N3O3S. The third kappa shape index (κ3) is 3.11. The van der Waals surface area contributed by atoms with E-state index in [4.69, 9.17) is 9.73 Å². The molecule has 168 valence electrons.